The minimum Gasteiger partial charge on any atom is -0.317 e. The van der Waals surface area contributed by atoms with Crippen LogP contribution in [0.4, 0.5) is 4.39 Å². The first-order chi connectivity index (χ1) is 10.2. The molecular weight excluding hydrogens is 281 g/mol. The van der Waals surface area contributed by atoms with Crippen molar-refractivity contribution in [2.75, 3.05) is 13.1 Å². The maximum atomic E-state index is 13.7. The highest BCUT2D eigenvalue weighted by atomic mass is 32.2. The van der Waals surface area contributed by atoms with Gasteiger partial charge in [0.15, 0.2) is 0 Å². The fourth-order valence-corrected chi connectivity index (χ4v) is 3.95. The highest BCUT2D eigenvalue weighted by Crippen LogP contribution is 2.38. The molecule has 0 unspecified atom stereocenters. The third-order valence-corrected chi connectivity index (χ3v) is 5.33. The van der Waals surface area contributed by atoms with Crippen LogP contribution in [0.15, 0.2) is 52.3 Å². The third-order valence-electron chi connectivity index (χ3n) is 4.06. The molecule has 1 fully saturated rings. The van der Waals surface area contributed by atoms with Crippen molar-refractivity contribution >= 4 is 11.8 Å². The highest BCUT2D eigenvalue weighted by molar-refractivity contribution is 7.99. The van der Waals surface area contributed by atoms with E-state index in [1.165, 1.54) is 20.9 Å². The summed E-state index contributed by atoms with van der Waals surface area (Å²) >= 11 is 1.76. The Kier molecular flexibility index (Phi) is 4.61. The Bertz CT molecular complexity index is 620. The van der Waals surface area contributed by atoms with Gasteiger partial charge in [0, 0.05) is 9.79 Å². The molecule has 1 heterocycles. The van der Waals surface area contributed by atoms with E-state index >= 15 is 0 Å². The lowest BCUT2D eigenvalue weighted by molar-refractivity contribution is 0.454. The molecule has 0 atom stereocenters. The lowest BCUT2D eigenvalue weighted by Gasteiger charge is -2.25. The SMILES string of the molecule is Cc1ccccc1Sc1ccc(F)cc1C1CCNCC1. The molecule has 1 saturated heterocycles. The van der Waals surface area contributed by atoms with E-state index in [1.807, 2.05) is 6.07 Å². The monoisotopic (exact) mass is 301 g/mol. The summed E-state index contributed by atoms with van der Waals surface area (Å²) in [6.07, 6.45) is 2.18. The largest absolute Gasteiger partial charge is 0.317 e. The van der Waals surface area contributed by atoms with Gasteiger partial charge < -0.3 is 5.32 Å². The number of rotatable bonds is 3. The fourth-order valence-electron chi connectivity index (χ4n) is 2.85. The van der Waals surface area contributed by atoms with E-state index in [-0.39, 0.29) is 5.82 Å². The number of hydrogen-bond donors (Lipinski definition) is 1. The molecule has 2 aromatic carbocycles. The zero-order valence-electron chi connectivity index (χ0n) is 12.2. The smallest absolute Gasteiger partial charge is 0.123 e. The van der Waals surface area contributed by atoms with Crippen LogP contribution in [-0.2, 0) is 0 Å². The second-order valence-electron chi connectivity index (χ2n) is 5.57. The minimum absolute atomic E-state index is 0.127. The zero-order valence-corrected chi connectivity index (χ0v) is 13.0. The Morgan fingerprint density at radius 2 is 1.81 bits per heavy atom. The van der Waals surface area contributed by atoms with Gasteiger partial charge in [-0.15, -0.1) is 0 Å². The summed E-state index contributed by atoms with van der Waals surface area (Å²) in [6.45, 7) is 4.17. The molecule has 1 nitrogen and oxygen atoms in total. The Hall–Kier alpha value is -1.32. The Balaban J connectivity index is 1.92. The van der Waals surface area contributed by atoms with Crippen molar-refractivity contribution in [2.24, 2.45) is 0 Å². The molecule has 0 spiro atoms. The summed E-state index contributed by atoms with van der Waals surface area (Å²) in [5.41, 5.74) is 2.44. The van der Waals surface area contributed by atoms with Crippen molar-refractivity contribution in [1.82, 2.24) is 5.32 Å². The topological polar surface area (TPSA) is 12.0 Å². The van der Waals surface area contributed by atoms with Crippen LogP contribution in [0.1, 0.15) is 29.9 Å². The first-order valence-corrected chi connectivity index (χ1v) is 8.29. The van der Waals surface area contributed by atoms with Crippen molar-refractivity contribution < 1.29 is 4.39 Å². The van der Waals surface area contributed by atoms with Gasteiger partial charge in [-0.3, -0.25) is 0 Å². The quantitative estimate of drug-likeness (QED) is 0.878. The second-order valence-corrected chi connectivity index (χ2v) is 6.66. The Morgan fingerprint density at radius 1 is 1.05 bits per heavy atom. The van der Waals surface area contributed by atoms with E-state index in [2.05, 4.69) is 36.5 Å². The summed E-state index contributed by atoms with van der Waals surface area (Å²) in [7, 11) is 0. The number of benzene rings is 2. The molecule has 0 bridgehead atoms. The van der Waals surface area contributed by atoms with Crippen molar-refractivity contribution in [2.45, 2.75) is 35.5 Å². The predicted octanol–water partition coefficient (Wildman–Crippen LogP) is 4.75. The predicted molar refractivity (Wildman–Crippen MR) is 86.5 cm³/mol. The molecule has 1 aliphatic heterocycles. The van der Waals surface area contributed by atoms with Gasteiger partial charge in [-0.05, 0) is 74.2 Å². The lowest BCUT2D eigenvalue weighted by atomic mass is 9.90. The van der Waals surface area contributed by atoms with E-state index in [0.29, 0.717) is 5.92 Å². The van der Waals surface area contributed by atoms with Gasteiger partial charge in [0.1, 0.15) is 5.82 Å². The van der Waals surface area contributed by atoms with Gasteiger partial charge in [-0.2, -0.15) is 0 Å². The van der Waals surface area contributed by atoms with Crippen LogP contribution < -0.4 is 5.32 Å². The summed E-state index contributed by atoms with van der Waals surface area (Å²) in [5.74, 6) is 0.339. The standard InChI is InChI=1S/C18H20FNS/c1-13-4-2-3-5-17(13)21-18-7-6-15(19)12-16(18)14-8-10-20-11-9-14/h2-7,12,14,20H,8-11H2,1H3. The summed E-state index contributed by atoms with van der Waals surface area (Å²) in [6, 6.07) is 13.6. The molecular formula is C18H20FNS. The van der Waals surface area contributed by atoms with Crippen LogP contribution in [0.5, 0.6) is 0 Å². The van der Waals surface area contributed by atoms with Crippen LogP contribution in [0.3, 0.4) is 0 Å². The molecule has 0 saturated carbocycles. The van der Waals surface area contributed by atoms with Crippen LogP contribution in [0, 0.1) is 12.7 Å². The number of piperidine rings is 1. The molecule has 1 aliphatic rings. The van der Waals surface area contributed by atoms with Crippen molar-refractivity contribution in [3.63, 3.8) is 0 Å². The first-order valence-electron chi connectivity index (χ1n) is 7.47. The lowest BCUT2D eigenvalue weighted by Crippen LogP contribution is -2.26. The summed E-state index contributed by atoms with van der Waals surface area (Å²) in [4.78, 5) is 2.44. The van der Waals surface area contributed by atoms with E-state index in [4.69, 9.17) is 0 Å². The molecule has 2 aromatic rings. The van der Waals surface area contributed by atoms with Crippen molar-refractivity contribution in [1.29, 1.82) is 0 Å². The number of aryl methyl sites for hydroxylation is 1. The highest BCUT2D eigenvalue weighted by Gasteiger charge is 2.19. The number of halogens is 1. The van der Waals surface area contributed by atoms with Gasteiger partial charge >= 0.3 is 0 Å². The average Bonchev–Trinajstić information content (AvgIpc) is 2.52. The number of nitrogens with one attached hydrogen (secondary N) is 1. The maximum absolute atomic E-state index is 13.7. The van der Waals surface area contributed by atoms with Crippen LogP contribution >= 0.6 is 11.8 Å². The maximum Gasteiger partial charge on any atom is 0.123 e. The molecule has 0 aromatic heterocycles. The Morgan fingerprint density at radius 3 is 2.57 bits per heavy atom. The van der Waals surface area contributed by atoms with Gasteiger partial charge in [-0.25, -0.2) is 4.39 Å². The van der Waals surface area contributed by atoms with E-state index in [1.54, 1.807) is 23.9 Å². The van der Waals surface area contributed by atoms with Crippen LogP contribution in [0.25, 0.3) is 0 Å². The first kappa shape index (κ1) is 14.6. The molecule has 3 heteroatoms. The van der Waals surface area contributed by atoms with E-state index in [0.717, 1.165) is 25.9 Å². The summed E-state index contributed by atoms with van der Waals surface area (Å²) < 4.78 is 13.7. The molecule has 1 N–H and O–H groups in total. The normalized spacial score (nSPS) is 16.1. The molecule has 0 aliphatic carbocycles. The van der Waals surface area contributed by atoms with Crippen molar-refractivity contribution in [3.8, 4) is 0 Å². The molecule has 0 amide bonds. The van der Waals surface area contributed by atoms with Gasteiger partial charge in [0.05, 0.1) is 0 Å². The molecule has 110 valence electrons. The van der Waals surface area contributed by atoms with Gasteiger partial charge in [0.25, 0.3) is 0 Å². The number of hydrogen-bond acceptors (Lipinski definition) is 2. The zero-order chi connectivity index (χ0) is 14.7. The molecule has 3 rings (SSSR count). The third kappa shape index (κ3) is 3.47. The van der Waals surface area contributed by atoms with Gasteiger partial charge in [-0.1, -0.05) is 30.0 Å². The fraction of sp³-hybridized carbons (Fsp3) is 0.333. The van der Waals surface area contributed by atoms with Gasteiger partial charge in [0.2, 0.25) is 0 Å². The molecule has 21 heavy (non-hydrogen) atoms. The van der Waals surface area contributed by atoms with Crippen molar-refractivity contribution in [3.05, 3.63) is 59.4 Å². The minimum atomic E-state index is -0.127. The van der Waals surface area contributed by atoms with E-state index < -0.39 is 0 Å². The second kappa shape index (κ2) is 6.63. The van der Waals surface area contributed by atoms with Crippen LogP contribution in [-0.4, -0.2) is 13.1 Å². The summed E-state index contributed by atoms with van der Waals surface area (Å²) in [5, 5.41) is 3.38. The van der Waals surface area contributed by atoms with E-state index in [9.17, 15) is 4.39 Å². The van der Waals surface area contributed by atoms with Crippen LogP contribution in [0.2, 0.25) is 0 Å². The molecule has 0 radical (unpaired) electrons. The Labute approximate surface area is 130 Å². The average molecular weight is 301 g/mol.